The van der Waals surface area contributed by atoms with Gasteiger partial charge in [-0.05, 0) is 81.3 Å². The topological polar surface area (TPSA) is 50.2 Å². The molecule has 0 radical (unpaired) electrons. The van der Waals surface area contributed by atoms with Gasteiger partial charge in [0.05, 0.1) is 11.4 Å². The Kier molecular flexibility index (Phi) is 14.6. The molecule has 3 aromatic rings. The van der Waals surface area contributed by atoms with E-state index in [1.165, 1.54) is 30.5 Å². The summed E-state index contributed by atoms with van der Waals surface area (Å²) in [6.45, 7) is 16.2. The molecule has 4 nitrogen and oxygen atoms in total. The third-order valence-corrected chi connectivity index (χ3v) is 6.61. The fraction of sp³-hybridized carbons (Fsp3) is 0.400. The van der Waals surface area contributed by atoms with Gasteiger partial charge in [0.25, 0.3) is 0 Å². The molecule has 1 aromatic heterocycles. The number of aromatic nitrogens is 2. The maximum absolute atomic E-state index is 13.6. The van der Waals surface area contributed by atoms with Crippen LogP contribution >= 0.6 is 0 Å². The molecule has 1 saturated carbocycles. The molecule has 0 atom stereocenters. The minimum atomic E-state index is -0.246. The van der Waals surface area contributed by atoms with E-state index in [0.717, 1.165) is 53.9 Å². The smallest absolute Gasteiger partial charge is 0.223 e. The largest absolute Gasteiger partial charge is 0.351 e. The summed E-state index contributed by atoms with van der Waals surface area (Å²) in [5.41, 5.74) is 5.85. The van der Waals surface area contributed by atoms with Crippen molar-refractivity contribution in [2.45, 2.75) is 86.1 Å². The molecule has 0 amide bonds. The van der Waals surface area contributed by atoms with E-state index >= 15 is 0 Å². The van der Waals surface area contributed by atoms with Crippen LogP contribution in [0.15, 0.2) is 78.4 Å². The number of allylic oxidation sites excluding steroid dienone is 1. The van der Waals surface area contributed by atoms with E-state index in [-0.39, 0.29) is 5.82 Å². The number of benzene rings is 2. The second-order valence-electron chi connectivity index (χ2n) is 9.81. The van der Waals surface area contributed by atoms with Crippen LogP contribution in [0, 0.1) is 11.7 Å². The van der Waals surface area contributed by atoms with Crippen molar-refractivity contribution >= 4 is 29.0 Å². The lowest BCUT2D eigenvalue weighted by atomic mass is 9.93. The number of rotatable bonds is 11. The first-order chi connectivity index (χ1) is 19.4. The van der Waals surface area contributed by atoms with Gasteiger partial charge < -0.3 is 5.32 Å². The van der Waals surface area contributed by atoms with Crippen LogP contribution in [-0.2, 0) is 0 Å². The lowest BCUT2D eigenvalue weighted by Gasteiger charge is -2.17. The average Bonchev–Trinajstić information content (AvgIpc) is 3.82. The Bertz CT molecular complexity index is 1210. The quantitative estimate of drug-likeness (QED) is 0.245. The molecule has 0 saturated heterocycles. The highest BCUT2D eigenvalue weighted by Crippen LogP contribution is 2.29. The summed E-state index contributed by atoms with van der Waals surface area (Å²) in [4.78, 5) is 14.2. The zero-order valence-corrected chi connectivity index (χ0v) is 25.3. The van der Waals surface area contributed by atoms with Crippen molar-refractivity contribution in [2.75, 3.05) is 5.32 Å². The van der Waals surface area contributed by atoms with Gasteiger partial charge in [-0.2, -0.15) is 0 Å². The Hall–Kier alpha value is -3.60. The number of hydrogen-bond donors (Lipinski definition) is 1. The second kappa shape index (κ2) is 17.9. The first-order valence-electron chi connectivity index (χ1n) is 14.7. The molecule has 2 aromatic carbocycles. The van der Waals surface area contributed by atoms with Crippen molar-refractivity contribution in [2.24, 2.45) is 10.9 Å². The maximum atomic E-state index is 13.6. The van der Waals surface area contributed by atoms with Crippen molar-refractivity contribution in [1.29, 1.82) is 0 Å². The molecule has 40 heavy (non-hydrogen) atoms. The Morgan fingerprint density at radius 2 is 1.62 bits per heavy atom. The lowest BCUT2D eigenvalue weighted by Crippen LogP contribution is -2.11. The number of anilines is 1. The molecule has 0 aliphatic heterocycles. The van der Waals surface area contributed by atoms with Crippen LogP contribution in [0.4, 0.5) is 10.3 Å². The first kappa shape index (κ1) is 32.6. The van der Waals surface area contributed by atoms with Crippen molar-refractivity contribution in [3.05, 3.63) is 96.1 Å². The summed E-state index contributed by atoms with van der Waals surface area (Å²) >= 11 is 0. The first-order valence-corrected chi connectivity index (χ1v) is 14.7. The molecule has 0 unspecified atom stereocenters. The third-order valence-electron chi connectivity index (χ3n) is 6.61. The van der Waals surface area contributed by atoms with Crippen LogP contribution in [-0.4, -0.2) is 21.7 Å². The van der Waals surface area contributed by atoms with Crippen LogP contribution < -0.4 is 5.32 Å². The molecule has 4 rings (SSSR count). The summed E-state index contributed by atoms with van der Waals surface area (Å²) in [6, 6.07) is 19.0. The van der Waals surface area contributed by atoms with E-state index in [1.54, 1.807) is 18.3 Å². The molecule has 0 bridgehead atoms. The Morgan fingerprint density at radius 3 is 2.15 bits per heavy atom. The van der Waals surface area contributed by atoms with Gasteiger partial charge in [0.1, 0.15) is 5.82 Å². The third kappa shape index (κ3) is 10.9. The predicted octanol–water partition coefficient (Wildman–Crippen LogP) is 10.1. The fourth-order valence-corrected chi connectivity index (χ4v) is 4.26. The summed E-state index contributed by atoms with van der Waals surface area (Å²) < 4.78 is 13.6. The maximum Gasteiger partial charge on any atom is 0.223 e. The highest BCUT2D eigenvalue weighted by molar-refractivity contribution is 5.96. The Morgan fingerprint density at radius 1 is 1.00 bits per heavy atom. The average molecular weight is 543 g/mol. The number of nitrogens with zero attached hydrogens (tertiary/aromatic N) is 3. The van der Waals surface area contributed by atoms with E-state index in [2.05, 4.69) is 37.7 Å². The summed E-state index contributed by atoms with van der Waals surface area (Å²) in [5, 5.41) is 3.36. The van der Waals surface area contributed by atoms with Crippen molar-refractivity contribution in [3.63, 3.8) is 0 Å². The van der Waals surface area contributed by atoms with Crippen LogP contribution in [0.2, 0.25) is 0 Å². The standard InChI is InChI=1S/C25H33FN4.C8H8.C2H6/c1-5-7-19(8-6-2)18(4)28-24(20-9-11-21(26)12-10-20)17(3)23-15-16-27-25(30-23)29-22-13-14-22;1-2-8-6-4-3-5-7-8;1-2/h9-12,15-16,19,22H,5-8,13-14H2,1-4H3,(H,27,29,30);2-7H,1H2;1-2H3/b24-17+,28-18?;;. The van der Waals surface area contributed by atoms with Gasteiger partial charge in [-0.3, -0.25) is 4.99 Å². The Labute approximate surface area is 241 Å². The van der Waals surface area contributed by atoms with E-state index in [1.807, 2.05) is 63.2 Å². The summed E-state index contributed by atoms with van der Waals surface area (Å²) in [7, 11) is 0. The van der Waals surface area contributed by atoms with Crippen molar-refractivity contribution < 1.29 is 4.39 Å². The highest BCUT2D eigenvalue weighted by atomic mass is 19.1. The molecule has 1 N–H and O–H groups in total. The minimum Gasteiger partial charge on any atom is -0.351 e. The predicted molar refractivity (Wildman–Crippen MR) is 172 cm³/mol. The Balaban J connectivity index is 0.000000475. The molecule has 214 valence electrons. The summed E-state index contributed by atoms with van der Waals surface area (Å²) in [5.74, 6) is 0.869. The van der Waals surface area contributed by atoms with Gasteiger partial charge >= 0.3 is 0 Å². The highest BCUT2D eigenvalue weighted by Gasteiger charge is 2.22. The van der Waals surface area contributed by atoms with Gasteiger partial charge in [-0.1, -0.05) is 83.5 Å². The van der Waals surface area contributed by atoms with Crippen LogP contribution in [0.5, 0.6) is 0 Å². The number of hydrogen-bond acceptors (Lipinski definition) is 4. The van der Waals surface area contributed by atoms with Crippen LogP contribution in [0.25, 0.3) is 17.3 Å². The van der Waals surface area contributed by atoms with E-state index in [0.29, 0.717) is 17.9 Å². The van der Waals surface area contributed by atoms with Gasteiger partial charge in [0.15, 0.2) is 0 Å². The number of nitrogens with one attached hydrogen (secondary N) is 1. The van der Waals surface area contributed by atoms with Crippen molar-refractivity contribution in [3.8, 4) is 0 Å². The van der Waals surface area contributed by atoms with Crippen molar-refractivity contribution in [1.82, 2.24) is 9.97 Å². The molecular formula is C35H47FN4. The van der Waals surface area contributed by atoms with E-state index in [9.17, 15) is 4.39 Å². The molecule has 1 aliphatic rings. The fourth-order valence-electron chi connectivity index (χ4n) is 4.26. The number of aliphatic imine (C=N–C) groups is 1. The van der Waals surface area contributed by atoms with Crippen LogP contribution in [0.1, 0.15) is 96.9 Å². The van der Waals surface area contributed by atoms with Crippen LogP contribution in [0.3, 0.4) is 0 Å². The number of halogens is 1. The van der Waals surface area contributed by atoms with E-state index < -0.39 is 0 Å². The van der Waals surface area contributed by atoms with E-state index in [4.69, 9.17) is 9.98 Å². The second-order valence-corrected chi connectivity index (χ2v) is 9.81. The SMILES string of the molecule is C=Cc1ccccc1.CC.CCCC(CCC)C(C)=N/C(=C(\C)c1ccnc(NC2CC2)n1)c1ccc(F)cc1. The molecule has 1 heterocycles. The molecule has 1 aliphatic carbocycles. The zero-order chi connectivity index (χ0) is 29.3. The molecule has 5 heteroatoms. The monoisotopic (exact) mass is 542 g/mol. The van der Waals surface area contributed by atoms with Gasteiger partial charge in [0.2, 0.25) is 5.95 Å². The van der Waals surface area contributed by atoms with Gasteiger partial charge in [-0.15, -0.1) is 0 Å². The lowest BCUT2D eigenvalue weighted by molar-refractivity contribution is 0.557. The normalized spacial score (nSPS) is 13.3. The zero-order valence-electron chi connectivity index (χ0n) is 25.3. The molecule has 0 spiro atoms. The van der Waals surface area contributed by atoms with Gasteiger partial charge in [-0.25, -0.2) is 14.4 Å². The molecular weight excluding hydrogens is 495 g/mol. The summed E-state index contributed by atoms with van der Waals surface area (Å²) in [6.07, 6.45) is 10.5. The minimum absolute atomic E-state index is 0.246. The van der Waals surface area contributed by atoms with Gasteiger partial charge in [0, 0.05) is 29.1 Å². The molecule has 1 fully saturated rings.